The van der Waals surface area contributed by atoms with Gasteiger partial charge in [0.1, 0.15) is 0 Å². The molecule has 0 spiro atoms. The highest BCUT2D eigenvalue weighted by Gasteiger charge is 2.32. The number of nitrogens with zero attached hydrogens (tertiary/aromatic N) is 1. The summed E-state index contributed by atoms with van der Waals surface area (Å²) in [5.74, 6) is 0. The molecule has 1 unspecified atom stereocenters. The van der Waals surface area contributed by atoms with Crippen molar-refractivity contribution in [1.82, 2.24) is 4.97 Å². The second kappa shape index (κ2) is 3.52. The Morgan fingerprint density at radius 3 is 2.62 bits per heavy atom. The summed E-state index contributed by atoms with van der Waals surface area (Å²) in [5.41, 5.74) is 1.22. The van der Waals surface area contributed by atoms with E-state index >= 15 is 0 Å². The Hall–Kier alpha value is -0.795. The molecular formula is C10H14BNO. The van der Waals surface area contributed by atoms with E-state index < -0.39 is 0 Å². The van der Waals surface area contributed by atoms with Gasteiger partial charge in [0, 0.05) is 6.04 Å². The molecule has 1 aromatic carbocycles. The SMILES string of the molecule is CB1CCC(c2ccccc2)N1O. The number of hydrogen-bond acceptors (Lipinski definition) is 2. The van der Waals surface area contributed by atoms with Gasteiger partial charge in [-0.1, -0.05) is 43.5 Å². The summed E-state index contributed by atoms with van der Waals surface area (Å²) >= 11 is 0. The van der Waals surface area contributed by atoms with E-state index in [4.69, 9.17) is 0 Å². The lowest BCUT2D eigenvalue weighted by molar-refractivity contribution is -0.0346. The molecule has 1 heterocycles. The summed E-state index contributed by atoms with van der Waals surface area (Å²) in [6.45, 7) is 2.35. The Bertz CT molecular complexity index is 278. The maximum Gasteiger partial charge on any atom is 0.253 e. The van der Waals surface area contributed by atoms with E-state index in [1.807, 2.05) is 18.2 Å². The van der Waals surface area contributed by atoms with E-state index in [-0.39, 0.29) is 6.04 Å². The molecule has 0 amide bonds. The maximum atomic E-state index is 9.74. The van der Waals surface area contributed by atoms with E-state index in [2.05, 4.69) is 19.0 Å². The van der Waals surface area contributed by atoms with Gasteiger partial charge in [-0.2, -0.15) is 0 Å². The van der Waals surface area contributed by atoms with Crippen molar-refractivity contribution in [3.63, 3.8) is 0 Å². The highest BCUT2D eigenvalue weighted by Crippen LogP contribution is 2.32. The molecule has 0 bridgehead atoms. The average Bonchev–Trinajstić information content (AvgIpc) is 2.49. The number of rotatable bonds is 1. The van der Waals surface area contributed by atoms with Crippen molar-refractivity contribution < 1.29 is 5.21 Å². The van der Waals surface area contributed by atoms with Gasteiger partial charge in [-0.25, -0.2) is 4.97 Å². The zero-order chi connectivity index (χ0) is 9.26. The van der Waals surface area contributed by atoms with Gasteiger partial charge < -0.3 is 5.21 Å². The summed E-state index contributed by atoms with van der Waals surface area (Å²) in [5, 5.41) is 9.74. The van der Waals surface area contributed by atoms with Gasteiger partial charge in [0.05, 0.1) is 0 Å². The van der Waals surface area contributed by atoms with Gasteiger partial charge in [-0.05, 0) is 12.0 Å². The lowest BCUT2D eigenvalue weighted by atomic mass is 9.64. The Morgan fingerprint density at radius 1 is 1.38 bits per heavy atom. The largest absolute Gasteiger partial charge is 0.325 e. The molecule has 68 valence electrons. The Kier molecular flexibility index (Phi) is 2.38. The van der Waals surface area contributed by atoms with Crippen LogP contribution in [-0.2, 0) is 0 Å². The lowest BCUT2D eigenvalue weighted by Gasteiger charge is -2.20. The molecule has 0 saturated carbocycles. The fraction of sp³-hybridized carbons (Fsp3) is 0.400. The molecule has 3 heteroatoms. The standard InChI is InChI=1S/C10H14BNO/c1-11-8-7-10(12(11)13)9-5-3-2-4-6-9/h2-6,10,13H,7-8H2,1H3. The van der Waals surface area contributed by atoms with Crippen LogP contribution in [0.15, 0.2) is 30.3 Å². The van der Waals surface area contributed by atoms with Gasteiger partial charge in [0.25, 0.3) is 6.85 Å². The monoisotopic (exact) mass is 175 g/mol. The molecule has 1 fully saturated rings. The fourth-order valence-corrected chi connectivity index (χ4v) is 1.97. The van der Waals surface area contributed by atoms with Gasteiger partial charge >= 0.3 is 0 Å². The van der Waals surface area contributed by atoms with Crippen LogP contribution in [0.5, 0.6) is 0 Å². The van der Waals surface area contributed by atoms with Crippen LogP contribution in [0.4, 0.5) is 0 Å². The molecule has 1 aliphatic heterocycles. The van der Waals surface area contributed by atoms with Crippen molar-refractivity contribution in [3.8, 4) is 0 Å². The number of benzene rings is 1. The molecule has 1 aromatic rings. The first-order valence-corrected chi connectivity index (χ1v) is 4.81. The Balaban J connectivity index is 2.19. The topological polar surface area (TPSA) is 23.5 Å². The van der Waals surface area contributed by atoms with Crippen LogP contribution in [0.1, 0.15) is 18.0 Å². The van der Waals surface area contributed by atoms with Crippen LogP contribution in [0.3, 0.4) is 0 Å². The van der Waals surface area contributed by atoms with Crippen LogP contribution in [0.25, 0.3) is 0 Å². The van der Waals surface area contributed by atoms with E-state index in [0.717, 1.165) is 12.7 Å². The van der Waals surface area contributed by atoms with Gasteiger partial charge in [0.2, 0.25) is 0 Å². The van der Waals surface area contributed by atoms with Crippen molar-refractivity contribution in [2.24, 2.45) is 0 Å². The number of hydrogen-bond donors (Lipinski definition) is 1. The summed E-state index contributed by atoms with van der Waals surface area (Å²) in [4.78, 5) is 1.48. The molecule has 1 saturated heterocycles. The molecule has 1 N–H and O–H groups in total. The van der Waals surface area contributed by atoms with E-state index in [0.29, 0.717) is 6.85 Å². The summed E-state index contributed by atoms with van der Waals surface area (Å²) < 4.78 is 0. The van der Waals surface area contributed by atoms with Crippen LogP contribution in [0.2, 0.25) is 13.1 Å². The average molecular weight is 175 g/mol. The third kappa shape index (κ3) is 1.62. The van der Waals surface area contributed by atoms with Crippen LogP contribution >= 0.6 is 0 Å². The van der Waals surface area contributed by atoms with E-state index in [1.165, 1.54) is 10.5 Å². The second-order valence-corrected chi connectivity index (χ2v) is 3.73. The molecule has 1 aliphatic rings. The molecule has 2 nitrogen and oxygen atoms in total. The maximum absolute atomic E-state index is 9.74. The first-order chi connectivity index (χ1) is 6.29. The van der Waals surface area contributed by atoms with Crippen molar-refractivity contribution in [1.29, 1.82) is 0 Å². The third-order valence-corrected chi connectivity index (χ3v) is 2.81. The minimum atomic E-state index is 0.205. The van der Waals surface area contributed by atoms with Crippen LogP contribution in [-0.4, -0.2) is 17.0 Å². The zero-order valence-electron chi connectivity index (χ0n) is 7.85. The molecule has 2 rings (SSSR count). The van der Waals surface area contributed by atoms with Crippen molar-refractivity contribution in [2.45, 2.75) is 25.6 Å². The normalized spacial score (nSPS) is 23.8. The first-order valence-electron chi connectivity index (χ1n) is 4.81. The smallest absolute Gasteiger partial charge is 0.253 e. The predicted octanol–water partition coefficient (Wildman–Crippen LogP) is 2.44. The van der Waals surface area contributed by atoms with Crippen LogP contribution in [0, 0.1) is 0 Å². The molecule has 13 heavy (non-hydrogen) atoms. The molecule has 1 atom stereocenters. The molecule has 0 aliphatic carbocycles. The predicted molar refractivity (Wildman–Crippen MR) is 53.9 cm³/mol. The van der Waals surface area contributed by atoms with E-state index in [9.17, 15) is 5.21 Å². The molecule has 0 aromatic heterocycles. The van der Waals surface area contributed by atoms with Crippen molar-refractivity contribution in [2.75, 3.05) is 0 Å². The van der Waals surface area contributed by atoms with Gasteiger partial charge in [-0.3, -0.25) is 0 Å². The van der Waals surface area contributed by atoms with Gasteiger partial charge in [-0.15, -0.1) is 0 Å². The van der Waals surface area contributed by atoms with Gasteiger partial charge in [0.15, 0.2) is 0 Å². The zero-order valence-corrected chi connectivity index (χ0v) is 7.85. The fourth-order valence-electron chi connectivity index (χ4n) is 1.97. The lowest BCUT2D eigenvalue weighted by Crippen LogP contribution is -2.29. The summed E-state index contributed by atoms with van der Waals surface area (Å²) in [6, 6.07) is 10.4. The highest BCUT2D eigenvalue weighted by molar-refractivity contribution is 6.54. The summed E-state index contributed by atoms with van der Waals surface area (Å²) in [7, 11) is 0. The number of hydroxylamine groups is 1. The minimum absolute atomic E-state index is 0.205. The first kappa shape index (κ1) is 8.79. The minimum Gasteiger partial charge on any atom is -0.325 e. The molecular weight excluding hydrogens is 161 g/mol. The quantitative estimate of drug-likeness (QED) is 0.662. The van der Waals surface area contributed by atoms with Crippen molar-refractivity contribution >= 4 is 6.85 Å². The van der Waals surface area contributed by atoms with E-state index in [1.54, 1.807) is 0 Å². The highest BCUT2D eigenvalue weighted by atomic mass is 16.5. The Labute approximate surface area is 79.2 Å². The second-order valence-electron chi connectivity index (χ2n) is 3.73. The summed E-state index contributed by atoms with van der Waals surface area (Å²) in [6.07, 6.45) is 2.14. The third-order valence-electron chi connectivity index (χ3n) is 2.81. The molecule has 0 radical (unpaired) electrons. The van der Waals surface area contributed by atoms with Crippen molar-refractivity contribution in [3.05, 3.63) is 35.9 Å². The van der Waals surface area contributed by atoms with Crippen LogP contribution < -0.4 is 0 Å². The Morgan fingerprint density at radius 2 is 2.08 bits per heavy atom.